The Kier molecular flexibility index (Phi) is 5.43. The number of hydrogen-bond acceptors (Lipinski definition) is 4. The smallest absolute Gasteiger partial charge is 0.339 e. The first-order chi connectivity index (χ1) is 11.2. The average Bonchev–Trinajstić information content (AvgIpc) is 2.55. The number of nitrogens with zero attached hydrogens (tertiary/aromatic N) is 2. The molecule has 0 aliphatic carbocycles. The van der Waals surface area contributed by atoms with Crippen molar-refractivity contribution in [3.8, 4) is 0 Å². The van der Waals surface area contributed by atoms with Gasteiger partial charge in [0.25, 0.3) is 0 Å². The Morgan fingerprint density at radius 1 is 1.29 bits per heavy atom. The van der Waals surface area contributed by atoms with Crippen LogP contribution in [0.3, 0.4) is 0 Å². The van der Waals surface area contributed by atoms with Gasteiger partial charge in [-0.3, -0.25) is 9.78 Å². The van der Waals surface area contributed by atoms with E-state index < -0.39 is 11.7 Å². The molecule has 0 radical (unpaired) electrons. The number of benzene rings is 1. The second kappa shape index (κ2) is 7.17. The molecule has 0 spiro atoms. The highest BCUT2D eigenvalue weighted by atomic mass is 35.5. The normalized spacial score (nSPS) is 12.8. The van der Waals surface area contributed by atoms with Crippen molar-refractivity contribution in [1.82, 2.24) is 9.97 Å². The van der Waals surface area contributed by atoms with Crippen LogP contribution in [0.1, 0.15) is 37.4 Å². The number of nitrogens with one attached hydrogen (secondary N) is 1. The molecule has 8 heteroatoms. The molecule has 1 aromatic carbocycles. The molecule has 0 fully saturated rings. The minimum absolute atomic E-state index is 0.0394. The van der Waals surface area contributed by atoms with Crippen LogP contribution >= 0.6 is 11.6 Å². The molecule has 24 heavy (non-hydrogen) atoms. The van der Waals surface area contributed by atoms with Gasteiger partial charge in [-0.1, -0.05) is 18.5 Å². The molecular weight excluding hydrogens is 343 g/mol. The number of Topliss-reactive ketones (excluding diaryl/α,β-unsaturated/α-hetero) is 1. The van der Waals surface area contributed by atoms with Crippen molar-refractivity contribution in [2.75, 3.05) is 5.32 Å². The highest BCUT2D eigenvalue weighted by Crippen LogP contribution is 2.36. The molecule has 128 valence electrons. The minimum Gasteiger partial charge on any atom is -0.339 e. The highest BCUT2D eigenvalue weighted by molar-refractivity contribution is 6.31. The Hall–Kier alpha value is -2.15. The van der Waals surface area contributed by atoms with E-state index in [2.05, 4.69) is 15.3 Å². The van der Waals surface area contributed by atoms with Crippen molar-refractivity contribution in [3.05, 3.63) is 46.9 Å². The summed E-state index contributed by atoms with van der Waals surface area (Å²) in [6.07, 6.45) is -1.34. The van der Waals surface area contributed by atoms with Gasteiger partial charge >= 0.3 is 6.18 Å². The number of rotatable bonds is 5. The van der Waals surface area contributed by atoms with Gasteiger partial charge in [-0.2, -0.15) is 13.2 Å². The summed E-state index contributed by atoms with van der Waals surface area (Å²) in [4.78, 5) is 19.9. The third-order valence-corrected chi connectivity index (χ3v) is 3.82. The van der Waals surface area contributed by atoms with Crippen molar-refractivity contribution in [2.45, 2.75) is 32.4 Å². The molecule has 2 rings (SSSR count). The van der Waals surface area contributed by atoms with Crippen LogP contribution in [0.5, 0.6) is 0 Å². The van der Waals surface area contributed by atoms with E-state index >= 15 is 0 Å². The summed E-state index contributed by atoms with van der Waals surface area (Å²) >= 11 is 5.58. The molecule has 0 saturated carbocycles. The van der Waals surface area contributed by atoms with Crippen LogP contribution in [0, 0.1) is 0 Å². The highest BCUT2D eigenvalue weighted by Gasteiger charge is 2.33. The van der Waals surface area contributed by atoms with Gasteiger partial charge in [-0.15, -0.1) is 0 Å². The van der Waals surface area contributed by atoms with Crippen molar-refractivity contribution in [1.29, 1.82) is 0 Å². The number of anilines is 2. The van der Waals surface area contributed by atoms with Crippen LogP contribution in [-0.2, 0) is 11.0 Å². The van der Waals surface area contributed by atoms with E-state index in [0.717, 1.165) is 12.1 Å². The first-order valence-corrected chi connectivity index (χ1v) is 7.58. The van der Waals surface area contributed by atoms with Crippen LogP contribution < -0.4 is 5.32 Å². The third kappa shape index (κ3) is 4.23. The van der Waals surface area contributed by atoms with E-state index in [1.807, 2.05) is 0 Å². The van der Waals surface area contributed by atoms with E-state index in [4.69, 9.17) is 11.6 Å². The SMILES string of the molecule is CCC(=O)C(C)c1cnc(Nc2ccc(Cl)c(C(F)(F)F)c2)cn1. The second-order valence-electron chi connectivity index (χ2n) is 5.19. The van der Waals surface area contributed by atoms with Crippen LogP contribution in [0.15, 0.2) is 30.6 Å². The Morgan fingerprint density at radius 3 is 2.54 bits per heavy atom. The summed E-state index contributed by atoms with van der Waals surface area (Å²) in [5, 5.41) is 2.36. The van der Waals surface area contributed by atoms with Gasteiger partial charge in [0.1, 0.15) is 11.6 Å². The van der Waals surface area contributed by atoms with Crippen molar-refractivity contribution < 1.29 is 18.0 Å². The van der Waals surface area contributed by atoms with Gasteiger partial charge < -0.3 is 5.32 Å². The molecule has 1 N–H and O–H groups in total. The molecule has 0 saturated heterocycles. The summed E-state index contributed by atoms with van der Waals surface area (Å²) in [5.74, 6) is -0.0632. The largest absolute Gasteiger partial charge is 0.417 e. The first-order valence-electron chi connectivity index (χ1n) is 7.20. The van der Waals surface area contributed by atoms with Crippen LogP contribution in [-0.4, -0.2) is 15.8 Å². The lowest BCUT2D eigenvalue weighted by Crippen LogP contribution is -2.10. The van der Waals surface area contributed by atoms with Gasteiger partial charge in [0.05, 0.1) is 34.6 Å². The predicted octanol–water partition coefficient (Wildman–Crippen LogP) is 4.98. The topological polar surface area (TPSA) is 54.9 Å². The number of hydrogen-bond donors (Lipinski definition) is 1. The number of halogens is 4. The van der Waals surface area contributed by atoms with Crippen LogP contribution in [0.25, 0.3) is 0 Å². The third-order valence-electron chi connectivity index (χ3n) is 3.49. The molecule has 1 aromatic heterocycles. The fourth-order valence-corrected chi connectivity index (χ4v) is 2.29. The number of carbonyl (C=O) groups is 1. The van der Waals surface area contributed by atoms with Crippen molar-refractivity contribution in [3.63, 3.8) is 0 Å². The second-order valence-corrected chi connectivity index (χ2v) is 5.59. The van der Waals surface area contributed by atoms with Gasteiger partial charge in [-0.05, 0) is 25.1 Å². The number of ketones is 1. The fraction of sp³-hybridized carbons (Fsp3) is 0.312. The quantitative estimate of drug-likeness (QED) is 0.820. The molecule has 2 aromatic rings. The lowest BCUT2D eigenvalue weighted by Gasteiger charge is -2.12. The number of alkyl halides is 3. The monoisotopic (exact) mass is 357 g/mol. The Labute approximate surface area is 142 Å². The maximum absolute atomic E-state index is 12.8. The molecule has 0 aliphatic heterocycles. The minimum atomic E-state index is -4.54. The standard InChI is InChI=1S/C16H15ClF3N3O/c1-3-14(24)9(2)13-7-22-15(8-21-13)23-10-4-5-12(17)11(6-10)16(18,19)20/h4-9H,3H2,1-2H3,(H,22,23). The van der Waals surface area contributed by atoms with Gasteiger partial charge in [0.15, 0.2) is 0 Å². The van der Waals surface area contributed by atoms with Gasteiger partial charge in [0.2, 0.25) is 0 Å². The fourth-order valence-electron chi connectivity index (χ4n) is 2.07. The molecule has 1 unspecified atom stereocenters. The zero-order valence-electron chi connectivity index (χ0n) is 13.0. The van der Waals surface area contributed by atoms with E-state index in [0.29, 0.717) is 12.1 Å². The summed E-state index contributed by atoms with van der Waals surface area (Å²) < 4.78 is 38.5. The average molecular weight is 358 g/mol. The Morgan fingerprint density at radius 2 is 2.00 bits per heavy atom. The maximum atomic E-state index is 12.8. The summed E-state index contributed by atoms with van der Waals surface area (Å²) in [6.45, 7) is 3.50. The van der Waals surface area contributed by atoms with E-state index in [-0.39, 0.29) is 28.2 Å². The predicted molar refractivity (Wildman–Crippen MR) is 85.5 cm³/mol. The Balaban J connectivity index is 2.19. The molecule has 4 nitrogen and oxygen atoms in total. The van der Waals surface area contributed by atoms with E-state index in [1.165, 1.54) is 18.5 Å². The molecule has 0 aliphatic rings. The van der Waals surface area contributed by atoms with Crippen molar-refractivity contribution >= 4 is 28.9 Å². The van der Waals surface area contributed by atoms with Crippen LogP contribution in [0.2, 0.25) is 5.02 Å². The van der Waals surface area contributed by atoms with E-state index in [9.17, 15) is 18.0 Å². The lowest BCUT2D eigenvalue weighted by atomic mass is 10.0. The van der Waals surface area contributed by atoms with E-state index in [1.54, 1.807) is 13.8 Å². The summed E-state index contributed by atoms with van der Waals surface area (Å²) in [6, 6.07) is 3.48. The Bertz CT molecular complexity index is 732. The van der Waals surface area contributed by atoms with Crippen molar-refractivity contribution in [2.24, 2.45) is 0 Å². The molecular formula is C16H15ClF3N3O. The lowest BCUT2D eigenvalue weighted by molar-refractivity contribution is -0.137. The number of aromatic nitrogens is 2. The zero-order chi connectivity index (χ0) is 17.9. The maximum Gasteiger partial charge on any atom is 0.417 e. The summed E-state index contributed by atoms with van der Waals surface area (Å²) in [7, 11) is 0. The molecule has 0 amide bonds. The van der Waals surface area contributed by atoms with Crippen LogP contribution in [0.4, 0.5) is 24.7 Å². The van der Waals surface area contributed by atoms with Gasteiger partial charge in [-0.25, -0.2) is 4.98 Å². The first kappa shape index (κ1) is 18.2. The summed E-state index contributed by atoms with van der Waals surface area (Å²) in [5.41, 5.74) is -0.230. The molecule has 0 bridgehead atoms. The molecule has 1 heterocycles. The molecule has 1 atom stereocenters. The number of carbonyl (C=O) groups excluding carboxylic acids is 1. The zero-order valence-corrected chi connectivity index (χ0v) is 13.7. The van der Waals surface area contributed by atoms with Gasteiger partial charge in [0, 0.05) is 12.1 Å².